The second-order valence-corrected chi connectivity index (χ2v) is 8.98. The van der Waals surface area contributed by atoms with Gasteiger partial charge < -0.3 is 5.32 Å². The van der Waals surface area contributed by atoms with Crippen molar-refractivity contribution >= 4 is 57.7 Å². The number of hydrogen-bond acceptors (Lipinski definition) is 3. The number of nitrogens with one attached hydrogen (secondary N) is 1. The lowest BCUT2D eigenvalue weighted by Crippen LogP contribution is -2.12. The van der Waals surface area contributed by atoms with E-state index in [1.165, 1.54) is 23.5 Å². The van der Waals surface area contributed by atoms with Crippen LogP contribution >= 0.6 is 46.1 Å². The number of amides is 1. The highest BCUT2D eigenvalue weighted by Crippen LogP contribution is 2.43. The van der Waals surface area contributed by atoms with E-state index in [9.17, 15) is 4.79 Å². The van der Waals surface area contributed by atoms with Crippen molar-refractivity contribution in [2.75, 3.05) is 16.8 Å². The average molecular weight is 441 g/mol. The van der Waals surface area contributed by atoms with E-state index in [1.54, 1.807) is 0 Å². The molecule has 1 saturated heterocycles. The molecule has 114 valence electrons. The van der Waals surface area contributed by atoms with Crippen molar-refractivity contribution in [2.45, 2.75) is 11.0 Å². The van der Waals surface area contributed by atoms with Gasteiger partial charge in [-0.1, -0.05) is 12.1 Å². The maximum absolute atomic E-state index is 12.3. The fraction of sp³-hybridized carbons (Fsp3) is 0.235. The molecule has 0 saturated carbocycles. The Morgan fingerprint density at radius 1 is 1.00 bits per heavy atom. The molecular formula is C17H16INOS2. The molecule has 1 N–H and O–H groups in total. The lowest BCUT2D eigenvalue weighted by atomic mass is 10.1. The Kier molecular flexibility index (Phi) is 5.71. The van der Waals surface area contributed by atoms with E-state index in [0.717, 1.165) is 9.26 Å². The van der Waals surface area contributed by atoms with Crippen molar-refractivity contribution in [1.29, 1.82) is 0 Å². The number of carbonyl (C=O) groups is 1. The van der Waals surface area contributed by atoms with Crippen LogP contribution < -0.4 is 5.32 Å². The third-order valence-corrected chi connectivity index (χ3v) is 7.11. The summed E-state index contributed by atoms with van der Waals surface area (Å²) in [4.78, 5) is 12.3. The van der Waals surface area contributed by atoms with Gasteiger partial charge in [-0.2, -0.15) is 0 Å². The monoisotopic (exact) mass is 441 g/mol. The van der Waals surface area contributed by atoms with Crippen LogP contribution in [0.1, 0.15) is 26.9 Å². The van der Waals surface area contributed by atoms with Gasteiger partial charge in [-0.3, -0.25) is 4.79 Å². The van der Waals surface area contributed by atoms with Crippen LogP contribution in [-0.4, -0.2) is 17.4 Å². The van der Waals surface area contributed by atoms with Crippen LogP contribution in [-0.2, 0) is 0 Å². The molecule has 22 heavy (non-hydrogen) atoms. The van der Waals surface area contributed by atoms with Gasteiger partial charge in [0.1, 0.15) is 0 Å². The summed E-state index contributed by atoms with van der Waals surface area (Å²) in [6, 6.07) is 15.8. The third-order valence-electron chi connectivity index (χ3n) is 3.37. The summed E-state index contributed by atoms with van der Waals surface area (Å²) in [5, 5.41) is 2.93. The number of carbonyl (C=O) groups excluding carboxylic acids is 1. The van der Waals surface area contributed by atoms with Gasteiger partial charge in [0.05, 0.1) is 4.58 Å². The lowest BCUT2D eigenvalue weighted by Gasteiger charge is -2.21. The molecule has 2 nitrogen and oxygen atoms in total. The third kappa shape index (κ3) is 4.20. The van der Waals surface area contributed by atoms with E-state index in [-0.39, 0.29) is 5.91 Å². The SMILES string of the molecule is O=C(Nc1ccc(I)cc1)c1ccc(C2SCCCS2)cc1. The van der Waals surface area contributed by atoms with Crippen molar-refractivity contribution in [3.05, 3.63) is 63.2 Å². The molecule has 0 bridgehead atoms. The Morgan fingerprint density at radius 3 is 2.27 bits per heavy atom. The quantitative estimate of drug-likeness (QED) is 0.646. The number of hydrogen-bond donors (Lipinski definition) is 1. The molecule has 0 aromatic heterocycles. The van der Waals surface area contributed by atoms with Gasteiger partial charge in [0.15, 0.2) is 0 Å². The van der Waals surface area contributed by atoms with Crippen LogP contribution in [0.5, 0.6) is 0 Å². The first kappa shape index (κ1) is 16.2. The van der Waals surface area contributed by atoms with Gasteiger partial charge >= 0.3 is 0 Å². The molecule has 0 spiro atoms. The maximum atomic E-state index is 12.3. The molecule has 1 aliphatic heterocycles. The summed E-state index contributed by atoms with van der Waals surface area (Å²) in [6.45, 7) is 0. The van der Waals surface area contributed by atoms with Crippen LogP contribution in [0, 0.1) is 3.57 Å². The molecular weight excluding hydrogens is 425 g/mol. The predicted octanol–water partition coefficient (Wildman–Crippen LogP) is 5.41. The van der Waals surface area contributed by atoms with Gasteiger partial charge in [0.2, 0.25) is 0 Å². The van der Waals surface area contributed by atoms with Gasteiger partial charge in [-0.05, 0) is 82.5 Å². The second kappa shape index (κ2) is 7.75. The highest BCUT2D eigenvalue weighted by molar-refractivity contribution is 14.1. The molecule has 5 heteroatoms. The van der Waals surface area contributed by atoms with Gasteiger partial charge in [0.25, 0.3) is 5.91 Å². The zero-order valence-corrected chi connectivity index (χ0v) is 15.7. The Bertz CT molecular complexity index is 637. The largest absolute Gasteiger partial charge is 0.322 e. The van der Waals surface area contributed by atoms with Crippen LogP contribution in [0.25, 0.3) is 0 Å². The Labute approximate surface area is 153 Å². The van der Waals surface area contributed by atoms with Gasteiger partial charge in [0, 0.05) is 14.8 Å². The standard InChI is InChI=1S/C17H16INOS2/c18-14-6-8-15(9-7-14)19-16(20)12-2-4-13(5-3-12)17-21-10-1-11-22-17/h2-9,17H,1,10-11H2,(H,19,20). The van der Waals surface area contributed by atoms with Crippen LogP contribution in [0.15, 0.2) is 48.5 Å². The topological polar surface area (TPSA) is 29.1 Å². The van der Waals surface area contributed by atoms with Crippen molar-refractivity contribution in [1.82, 2.24) is 0 Å². The van der Waals surface area contributed by atoms with E-state index >= 15 is 0 Å². The van der Waals surface area contributed by atoms with Crippen LogP contribution in [0.2, 0.25) is 0 Å². The summed E-state index contributed by atoms with van der Waals surface area (Å²) < 4.78 is 1.67. The highest BCUT2D eigenvalue weighted by Gasteiger charge is 2.16. The van der Waals surface area contributed by atoms with E-state index in [0.29, 0.717) is 10.1 Å². The molecule has 1 amide bonds. The van der Waals surface area contributed by atoms with E-state index in [2.05, 4.69) is 40.0 Å². The fourth-order valence-corrected chi connectivity index (χ4v) is 5.46. The first-order valence-corrected chi connectivity index (χ1v) is 10.3. The number of rotatable bonds is 3. The summed E-state index contributed by atoms with van der Waals surface area (Å²) in [7, 11) is 0. The minimum atomic E-state index is -0.0586. The molecule has 1 aliphatic rings. The van der Waals surface area contributed by atoms with Gasteiger partial charge in [-0.25, -0.2) is 0 Å². The summed E-state index contributed by atoms with van der Waals surface area (Å²) >= 11 is 6.24. The second-order valence-electron chi connectivity index (χ2n) is 5.01. The van der Waals surface area contributed by atoms with Crippen molar-refractivity contribution in [3.8, 4) is 0 Å². The fourth-order valence-electron chi connectivity index (χ4n) is 2.21. The summed E-state index contributed by atoms with van der Waals surface area (Å²) in [6.07, 6.45) is 1.29. The molecule has 2 aromatic carbocycles. The number of halogens is 1. The number of anilines is 1. The van der Waals surface area contributed by atoms with Crippen molar-refractivity contribution in [2.24, 2.45) is 0 Å². The normalized spacial score (nSPS) is 15.5. The smallest absolute Gasteiger partial charge is 0.255 e. The number of thioether (sulfide) groups is 2. The Morgan fingerprint density at radius 2 is 1.64 bits per heavy atom. The van der Waals surface area contributed by atoms with E-state index in [1.807, 2.05) is 59.9 Å². The minimum Gasteiger partial charge on any atom is -0.322 e. The molecule has 0 radical (unpaired) electrons. The zero-order valence-electron chi connectivity index (χ0n) is 11.9. The van der Waals surface area contributed by atoms with Crippen LogP contribution in [0.4, 0.5) is 5.69 Å². The molecule has 0 aliphatic carbocycles. The minimum absolute atomic E-state index is 0.0586. The first-order valence-electron chi connectivity index (χ1n) is 7.12. The highest BCUT2D eigenvalue weighted by atomic mass is 127. The molecule has 0 atom stereocenters. The van der Waals surface area contributed by atoms with E-state index < -0.39 is 0 Å². The Balaban J connectivity index is 1.66. The molecule has 2 aromatic rings. The average Bonchev–Trinajstić information content (AvgIpc) is 2.58. The molecule has 1 heterocycles. The maximum Gasteiger partial charge on any atom is 0.255 e. The predicted molar refractivity (Wildman–Crippen MR) is 106 cm³/mol. The lowest BCUT2D eigenvalue weighted by molar-refractivity contribution is 0.102. The Hall–Kier alpha value is -0.660. The molecule has 1 fully saturated rings. The first-order chi connectivity index (χ1) is 10.7. The van der Waals surface area contributed by atoms with Crippen molar-refractivity contribution in [3.63, 3.8) is 0 Å². The molecule has 0 unspecified atom stereocenters. The number of benzene rings is 2. The summed E-state index contributed by atoms with van der Waals surface area (Å²) in [5.41, 5.74) is 2.83. The summed E-state index contributed by atoms with van der Waals surface area (Å²) in [5.74, 6) is 2.40. The van der Waals surface area contributed by atoms with Crippen molar-refractivity contribution < 1.29 is 4.79 Å². The van der Waals surface area contributed by atoms with E-state index in [4.69, 9.17) is 0 Å². The zero-order chi connectivity index (χ0) is 15.4. The van der Waals surface area contributed by atoms with Crippen LogP contribution in [0.3, 0.4) is 0 Å². The molecule has 3 rings (SSSR count). The van der Waals surface area contributed by atoms with Gasteiger partial charge in [-0.15, -0.1) is 23.5 Å².